The van der Waals surface area contributed by atoms with E-state index in [0.29, 0.717) is 17.1 Å². The summed E-state index contributed by atoms with van der Waals surface area (Å²) >= 11 is 6.22. The zero-order valence-corrected chi connectivity index (χ0v) is 18.2. The average Bonchev–Trinajstić information content (AvgIpc) is 2.72. The van der Waals surface area contributed by atoms with Crippen molar-refractivity contribution in [1.82, 2.24) is 10.2 Å². The molecule has 1 amide bonds. The number of rotatable bonds is 5. The fourth-order valence-corrected chi connectivity index (χ4v) is 3.49. The molecule has 1 heterocycles. The fourth-order valence-electron chi connectivity index (χ4n) is 3.31. The molecule has 2 aromatic rings. The average molecular weight is 449 g/mol. The van der Waals surface area contributed by atoms with Crippen LogP contribution in [0.5, 0.6) is 0 Å². The van der Waals surface area contributed by atoms with E-state index >= 15 is 0 Å². The van der Waals surface area contributed by atoms with Crippen molar-refractivity contribution in [1.29, 1.82) is 0 Å². The predicted octanol–water partition coefficient (Wildman–Crippen LogP) is 4.30. The molecular weight excluding hydrogens is 424 g/mol. The van der Waals surface area contributed by atoms with Gasteiger partial charge in [-0.05, 0) is 56.9 Å². The van der Waals surface area contributed by atoms with E-state index in [0.717, 1.165) is 24.2 Å². The van der Waals surface area contributed by atoms with Gasteiger partial charge in [-0.15, -0.1) is 24.8 Å². The number of anilines is 1. The van der Waals surface area contributed by atoms with E-state index in [-0.39, 0.29) is 43.1 Å². The molecule has 1 aliphatic rings. The first-order valence-electron chi connectivity index (χ1n) is 8.69. The van der Waals surface area contributed by atoms with Gasteiger partial charge in [-0.1, -0.05) is 29.8 Å². The second kappa shape index (κ2) is 11.0. The van der Waals surface area contributed by atoms with Crippen molar-refractivity contribution in [3.63, 3.8) is 0 Å². The molecule has 0 bridgehead atoms. The molecule has 0 saturated carbocycles. The van der Waals surface area contributed by atoms with Gasteiger partial charge in [-0.25, -0.2) is 4.39 Å². The maximum atomic E-state index is 14.4. The van der Waals surface area contributed by atoms with Crippen LogP contribution >= 0.6 is 36.4 Å². The Morgan fingerprint density at radius 2 is 1.89 bits per heavy atom. The molecule has 2 aromatic carbocycles. The fraction of sp³-hybridized carbons (Fsp3) is 0.350. The largest absolute Gasteiger partial charge is 0.311 e. The monoisotopic (exact) mass is 447 g/mol. The molecule has 0 saturated heterocycles. The molecule has 28 heavy (non-hydrogen) atoms. The standard InChI is InChI=1S/C20H23ClFN3O.2ClH/c1-24(2)10-5-11-25-18-9-8-14(21)12-16(18)20(23-13-19(25)26)15-6-3-4-7-17(15)22;;/h3-4,6-9,12,20,23H,5,10-11,13H2,1-2H3;2*1H. The molecule has 8 heteroatoms. The Morgan fingerprint density at radius 1 is 1.18 bits per heavy atom. The summed E-state index contributed by atoms with van der Waals surface area (Å²) in [4.78, 5) is 16.6. The van der Waals surface area contributed by atoms with Crippen molar-refractivity contribution in [2.45, 2.75) is 12.5 Å². The number of nitrogens with one attached hydrogen (secondary N) is 1. The van der Waals surface area contributed by atoms with E-state index in [9.17, 15) is 9.18 Å². The number of amides is 1. The molecule has 1 unspecified atom stereocenters. The lowest BCUT2D eigenvalue weighted by atomic mass is 9.96. The highest BCUT2D eigenvalue weighted by Gasteiger charge is 2.29. The lowest BCUT2D eigenvalue weighted by Gasteiger charge is -2.25. The molecule has 1 aliphatic heterocycles. The number of benzene rings is 2. The van der Waals surface area contributed by atoms with E-state index in [1.54, 1.807) is 29.2 Å². The molecule has 0 radical (unpaired) electrons. The normalized spacial score (nSPS) is 16.1. The number of hydrogen-bond acceptors (Lipinski definition) is 3. The van der Waals surface area contributed by atoms with Crippen molar-refractivity contribution in [3.8, 4) is 0 Å². The van der Waals surface area contributed by atoms with Crippen molar-refractivity contribution >= 4 is 48.0 Å². The van der Waals surface area contributed by atoms with Gasteiger partial charge >= 0.3 is 0 Å². The molecule has 3 rings (SSSR count). The maximum absolute atomic E-state index is 14.4. The zero-order chi connectivity index (χ0) is 18.7. The van der Waals surface area contributed by atoms with Crippen LogP contribution in [-0.2, 0) is 4.79 Å². The third kappa shape index (κ3) is 5.58. The Bertz CT molecular complexity index is 804. The highest BCUT2D eigenvalue weighted by Crippen LogP contribution is 2.36. The second-order valence-electron chi connectivity index (χ2n) is 6.74. The molecule has 154 valence electrons. The summed E-state index contributed by atoms with van der Waals surface area (Å²) < 4.78 is 14.4. The summed E-state index contributed by atoms with van der Waals surface area (Å²) in [5, 5.41) is 3.77. The Morgan fingerprint density at radius 3 is 2.57 bits per heavy atom. The van der Waals surface area contributed by atoms with Crippen molar-refractivity contribution in [2.75, 3.05) is 38.6 Å². The summed E-state index contributed by atoms with van der Waals surface area (Å²) in [6, 6.07) is 11.7. The predicted molar refractivity (Wildman–Crippen MR) is 118 cm³/mol. The molecule has 0 aliphatic carbocycles. The van der Waals surface area contributed by atoms with E-state index in [4.69, 9.17) is 11.6 Å². The van der Waals surface area contributed by atoms with Crippen LogP contribution in [0, 0.1) is 5.82 Å². The molecule has 0 aromatic heterocycles. The Balaban J connectivity index is 0.00000196. The molecule has 1 N–H and O–H groups in total. The number of halogens is 4. The van der Waals surface area contributed by atoms with E-state index in [2.05, 4.69) is 10.2 Å². The first-order chi connectivity index (χ1) is 12.5. The first-order valence-corrected chi connectivity index (χ1v) is 9.07. The minimum Gasteiger partial charge on any atom is -0.311 e. The van der Waals surface area contributed by atoms with Crippen LogP contribution < -0.4 is 10.2 Å². The van der Waals surface area contributed by atoms with Crippen LogP contribution in [0.2, 0.25) is 5.02 Å². The highest BCUT2D eigenvalue weighted by molar-refractivity contribution is 6.30. The van der Waals surface area contributed by atoms with Crippen LogP contribution in [0.1, 0.15) is 23.6 Å². The van der Waals surface area contributed by atoms with Crippen LogP contribution in [0.15, 0.2) is 42.5 Å². The lowest BCUT2D eigenvalue weighted by molar-refractivity contribution is -0.117. The molecule has 0 fully saturated rings. The third-order valence-corrected chi connectivity index (χ3v) is 4.79. The lowest BCUT2D eigenvalue weighted by Crippen LogP contribution is -2.37. The third-order valence-electron chi connectivity index (χ3n) is 4.55. The van der Waals surface area contributed by atoms with Gasteiger partial charge < -0.3 is 9.80 Å². The van der Waals surface area contributed by atoms with Crippen LogP contribution in [0.4, 0.5) is 10.1 Å². The summed E-state index contributed by atoms with van der Waals surface area (Å²) in [7, 11) is 4.02. The topological polar surface area (TPSA) is 35.6 Å². The summed E-state index contributed by atoms with van der Waals surface area (Å²) in [5.41, 5.74) is 2.12. The molecule has 1 atom stereocenters. The second-order valence-corrected chi connectivity index (χ2v) is 7.18. The smallest absolute Gasteiger partial charge is 0.240 e. The molecule has 0 spiro atoms. The van der Waals surface area contributed by atoms with E-state index in [1.165, 1.54) is 6.07 Å². The van der Waals surface area contributed by atoms with Crippen molar-refractivity contribution < 1.29 is 9.18 Å². The van der Waals surface area contributed by atoms with Crippen LogP contribution in [0.25, 0.3) is 0 Å². The number of nitrogens with zero attached hydrogens (tertiary/aromatic N) is 2. The van der Waals surface area contributed by atoms with E-state index in [1.807, 2.05) is 26.2 Å². The molecular formula is C20H25Cl3FN3O. The summed E-state index contributed by atoms with van der Waals surface area (Å²) in [6.45, 7) is 1.64. The number of carbonyl (C=O) groups is 1. The van der Waals surface area contributed by atoms with Crippen LogP contribution in [-0.4, -0.2) is 44.5 Å². The zero-order valence-electron chi connectivity index (χ0n) is 15.8. The Labute approximate surface area is 182 Å². The van der Waals surface area contributed by atoms with Crippen molar-refractivity contribution in [2.24, 2.45) is 0 Å². The van der Waals surface area contributed by atoms with Gasteiger partial charge in [0.15, 0.2) is 0 Å². The number of fused-ring (bicyclic) bond motifs is 1. The van der Waals surface area contributed by atoms with Gasteiger partial charge in [0.1, 0.15) is 5.82 Å². The van der Waals surface area contributed by atoms with Gasteiger partial charge in [-0.2, -0.15) is 0 Å². The quantitative estimate of drug-likeness (QED) is 0.741. The minimum absolute atomic E-state index is 0. The van der Waals surface area contributed by atoms with Crippen molar-refractivity contribution in [3.05, 3.63) is 64.4 Å². The Hall–Kier alpha value is -1.37. The number of hydrogen-bond donors (Lipinski definition) is 1. The SMILES string of the molecule is CN(C)CCCN1C(=O)CNC(c2ccccc2F)c2cc(Cl)ccc21.Cl.Cl. The van der Waals surface area contributed by atoms with Gasteiger partial charge in [0.2, 0.25) is 5.91 Å². The van der Waals surface area contributed by atoms with Gasteiger partial charge in [0.05, 0.1) is 12.6 Å². The first kappa shape index (κ1) is 24.7. The van der Waals surface area contributed by atoms with Gasteiger partial charge in [0.25, 0.3) is 0 Å². The van der Waals surface area contributed by atoms with Crippen LogP contribution in [0.3, 0.4) is 0 Å². The van der Waals surface area contributed by atoms with Gasteiger partial charge in [0, 0.05) is 22.8 Å². The number of carbonyl (C=O) groups excluding carboxylic acids is 1. The highest BCUT2D eigenvalue weighted by atomic mass is 35.5. The summed E-state index contributed by atoms with van der Waals surface area (Å²) in [6.07, 6.45) is 0.852. The Kier molecular flexibility index (Phi) is 9.67. The van der Waals surface area contributed by atoms with Gasteiger partial charge in [-0.3, -0.25) is 10.1 Å². The minimum atomic E-state index is -0.423. The summed E-state index contributed by atoms with van der Waals surface area (Å²) in [5.74, 6) is -0.324. The molecule has 4 nitrogen and oxygen atoms in total. The maximum Gasteiger partial charge on any atom is 0.240 e. The van der Waals surface area contributed by atoms with E-state index < -0.39 is 6.04 Å².